The van der Waals surface area contributed by atoms with Crippen molar-refractivity contribution in [1.82, 2.24) is 5.16 Å². The van der Waals surface area contributed by atoms with Crippen LogP contribution in [0.1, 0.15) is 23.2 Å². The number of hydrogen-bond acceptors (Lipinski definition) is 8. The third-order valence-corrected chi connectivity index (χ3v) is 1.43. The number of nitrogens with zero attached hydrogens (tertiary/aromatic N) is 2. The van der Waals surface area contributed by atoms with Gasteiger partial charge in [0.05, 0.1) is 19.9 Å². The Hall–Kier alpha value is -2.82. The summed E-state index contributed by atoms with van der Waals surface area (Å²) in [6.45, 7) is 3.37. The highest BCUT2D eigenvalue weighted by molar-refractivity contribution is 5.87. The zero-order chi connectivity index (χ0) is 16.0. The number of aromatic nitrogens is 1. The van der Waals surface area contributed by atoms with E-state index in [1.54, 1.807) is 19.8 Å². The molecule has 1 rings (SSSR count). The molecule has 0 aliphatic rings. The topological polar surface area (TPSA) is 111 Å². The van der Waals surface area contributed by atoms with Gasteiger partial charge in [-0.25, -0.2) is 9.59 Å². The molecule has 1 heterocycles. The van der Waals surface area contributed by atoms with Crippen molar-refractivity contribution in [2.24, 2.45) is 5.16 Å². The van der Waals surface area contributed by atoms with Crippen LogP contribution in [0.4, 0.5) is 0 Å². The number of carbonyl (C=O) groups excluding carboxylic acids is 2. The molecule has 0 saturated carbocycles. The van der Waals surface area contributed by atoms with Gasteiger partial charge in [-0.15, -0.1) is 11.6 Å². The van der Waals surface area contributed by atoms with Crippen LogP contribution < -0.4 is 0 Å². The van der Waals surface area contributed by atoms with Crippen LogP contribution in [-0.2, 0) is 14.3 Å². The molecule has 0 aliphatic carbocycles. The van der Waals surface area contributed by atoms with E-state index in [0.717, 1.165) is 0 Å². The maximum atomic E-state index is 10.7. The minimum Gasteiger partial charge on any atom is -0.463 e. The number of rotatable bonds is 1. The lowest BCUT2D eigenvalue weighted by atomic mass is 10.4. The van der Waals surface area contributed by atoms with E-state index in [0.29, 0.717) is 5.69 Å². The standard InChI is InChI=1S/C6H7NO3.C4H4O2.C2H5NO/c1-4-3-5(10-7-4)6(8)9-2;1-3-4(5)6-2;1-2-3-4/h3H,1-2H3;1H,2H3;2,4H,1H3/b;;3-2+. The Kier molecular flexibility index (Phi) is 12.3. The van der Waals surface area contributed by atoms with Crippen LogP contribution in [0, 0.1) is 19.3 Å². The summed E-state index contributed by atoms with van der Waals surface area (Å²) in [7, 11) is 2.53. The smallest absolute Gasteiger partial charge is 0.383 e. The normalized spacial score (nSPS) is 8.35. The lowest BCUT2D eigenvalue weighted by Crippen LogP contribution is -1.98. The van der Waals surface area contributed by atoms with Crippen molar-refractivity contribution in [3.8, 4) is 12.3 Å². The van der Waals surface area contributed by atoms with Gasteiger partial charge in [0.15, 0.2) is 0 Å². The highest BCUT2D eigenvalue weighted by Gasteiger charge is 2.09. The highest BCUT2D eigenvalue weighted by atomic mass is 16.5. The Morgan fingerprint density at radius 1 is 1.50 bits per heavy atom. The molecule has 0 radical (unpaired) electrons. The van der Waals surface area contributed by atoms with E-state index < -0.39 is 11.9 Å². The molecular weight excluding hydrogens is 268 g/mol. The van der Waals surface area contributed by atoms with Gasteiger partial charge >= 0.3 is 11.9 Å². The Bertz CT molecular complexity index is 469. The minimum absolute atomic E-state index is 0.139. The maximum Gasteiger partial charge on any atom is 0.383 e. The average Bonchev–Trinajstić information content (AvgIpc) is 2.93. The second kappa shape index (κ2) is 12.6. The molecule has 0 saturated heterocycles. The largest absolute Gasteiger partial charge is 0.463 e. The summed E-state index contributed by atoms with van der Waals surface area (Å²) in [6.07, 6.45) is 5.86. The van der Waals surface area contributed by atoms with E-state index in [9.17, 15) is 9.59 Å². The number of terminal acetylenes is 1. The van der Waals surface area contributed by atoms with E-state index in [1.807, 2.05) is 0 Å². The minimum atomic E-state index is -0.630. The van der Waals surface area contributed by atoms with Gasteiger partial charge < -0.3 is 19.2 Å². The van der Waals surface area contributed by atoms with Crippen molar-refractivity contribution in [2.45, 2.75) is 13.8 Å². The van der Waals surface area contributed by atoms with E-state index in [1.165, 1.54) is 26.5 Å². The molecule has 0 aromatic carbocycles. The van der Waals surface area contributed by atoms with Crippen molar-refractivity contribution in [3.63, 3.8) is 0 Å². The van der Waals surface area contributed by atoms with Crippen molar-refractivity contribution in [1.29, 1.82) is 0 Å². The first-order valence-electron chi connectivity index (χ1n) is 5.14. The lowest BCUT2D eigenvalue weighted by Gasteiger charge is -1.88. The molecule has 0 amide bonds. The first-order valence-corrected chi connectivity index (χ1v) is 5.14. The first kappa shape index (κ1) is 19.5. The van der Waals surface area contributed by atoms with Gasteiger partial charge in [-0.2, -0.15) is 0 Å². The molecule has 0 bridgehead atoms. The van der Waals surface area contributed by atoms with Crippen molar-refractivity contribution < 1.29 is 28.8 Å². The summed E-state index contributed by atoms with van der Waals surface area (Å²) in [5.41, 5.74) is 0.667. The molecule has 110 valence electrons. The molecule has 0 fully saturated rings. The van der Waals surface area contributed by atoms with E-state index in [4.69, 9.17) is 5.21 Å². The van der Waals surface area contributed by atoms with Gasteiger partial charge in [-0.05, 0) is 13.8 Å². The number of oxime groups is 1. The first-order chi connectivity index (χ1) is 9.46. The molecule has 0 unspecified atom stereocenters. The van der Waals surface area contributed by atoms with Crippen LogP contribution in [0.2, 0.25) is 0 Å². The maximum absolute atomic E-state index is 10.7. The van der Waals surface area contributed by atoms with Crippen LogP contribution in [0.25, 0.3) is 0 Å². The van der Waals surface area contributed by atoms with Gasteiger partial charge in [0, 0.05) is 18.2 Å². The highest BCUT2D eigenvalue weighted by Crippen LogP contribution is 2.02. The number of carbonyl (C=O) groups is 2. The van der Waals surface area contributed by atoms with Crippen LogP contribution in [0.15, 0.2) is 15.7 Å². The summed E-state index contributed by atoms with van der Waals surface area (Å²) < 4.78 is 13.0. The van der Waals surface area contributed by atoms with Gasteiger partial charge in [0.25, 0.3) is 0 Å². The summed E-state index contributed by atoms with van der Waals surface area (Å²) in [5, 5.41) is 13.6. The zero-order valence-electron chi connectivity index (χ0n) is 11.6. The van der Waals surface area contributed by atoms with Crippen LogP contribution in [0.3, 0.4) is 0 Å². The summed E-state index contributed by atoms with van der Waals surface area (Å²) in [5.74, 6) is 0.763. The van der Waals surface area contributed by atoms with E-state index >= 15 is 0 Å². The second-order valence-corrected chi connectivity index (χ2v) is 2.83. The van der Waals surface area contributed by atoms with Gasteiger partial charge in [-0.1, -0.05) is 5.16 Å². The number of aryl methyl sites for hydroxylation is 1. The van der Waals surface area contributed by atoms with Crippen LogP contribution >= 0.6 is 0 Å². The molecular formula is C12H16N2O6. The predicted molar refractivity (Wildman–Crippen MR) is 69.4 cm³/mol. The number of hydrogen-bond donors (Lipinski definition) is 1. The van der Waals surface area contributed by atoms with Crippen molar-refractivity contribution in [3.05, 3.63) is 17.5 Å². The predicted octanol–water partition coefficient (Wildman–Crippen LogP) is 1.03. The van der Waals surface area contributed by atoms with Crippen molar-refractivity contribution >= 4 is 18.2 Å². The molecule has 0 spiro atoms. The number of ether oxygens (including phenoxy) is 2. The Morgan fingerprint density at radius 2 is 2.05 bits per heavy atom. The lowest BCUT2D eigenvalue weighted by molar-refractivity contribution is -0.133. The molecule has 1 aromatic heterocycles. The molecule has 0 atom stereocenters. The summed E-state index contributed by atoms with van der Waals surface area (Å²) >= 11 is 0. The molecule has 8 nitrogen and oxygen atoms in total. The average molecular weight is 284 g/mol. The van der Waals surface area contributed by atoms with Crippen LogP contribution in [0.5, 0.6) is 0 Å². The number of methoxy groups -OCH3 is 2. The molecule has 1 aromatic rings. The fourth-order valence-electron chi connectivity index (χ4n) is 0.619. The Balaban J connectivity index is 0. The van der Waals surface area contributed by atoms with E-state index in [2.05, 4.69) is 30.7 Å². The third kappa shape index (κ3) is 10.3. The Labute approximate surface area is 116 Å². The van der Waals surface area contributed by atoms with Gasteiger partial charge in [0.2, 0.25) is 5.76 Å². The van der Waals surface area contributed by atoms with Crippen LogP contribution in [-0.4, -0.2) is 42.7 Å². The Morgan fingerprint density at radius 3 is 2.25 bits per heavy atom. The van der Waals surface area contributed by atoms with Crippen molar-refractivity contribution in [2.75, 3.05) is 14.2 Å². The molecule has 20 heavy (non-hydrogen) atoms. The third-order valence-electron chi connectivity index (χ3n) is 1.43. The fourth-order valence-corrected chi connectivity index (χ4v) is 0.619. The van der Waals surface area contributed by atoms with Gasteiger partial charge in [-0.3, -0.25) is 0 Å². The zero-order valence-corrected chi connectivity index (χ0v) is 11.6. The second-order valence-electron chi connectivity index (χ2n) is 2.83. The molecule has 1 N–H and O–H groups in total. The monoisotopic (exact) mass is 284 g/mol. The van der Waals surface area contributed by atoms with Gasteiger partial charge in [0.1, 0.15) is 0 Å². The quantitative estimate of drug-likeness (QED) is 0.205. The number of esters is 2. The van der Waals surface area contributed by atoms with E-state index in [-0.39, 0.29) is 5.76 Å². The summed E-state index contributed by atoms with van der Waals surface area (Å²) in [6, 6.07) is 1.52. The SMILES string of the molecule is C#CC(=O)OC.C/C=N/O.COC(=O)c1cc(C)no1. The molecule has 0 aliphatic heterocycles. The fraction of sp³-hybridized carbons (Fsp3) is 0.333. The molecule has 8 heteroatoms. The summed E-state index contributed by atoms with van der Waals surface area (Å²) in [4.78, 5) is 20.4.